The number of hydrogen-bond donors (Lipinski definition) is 3. The quantitative estimate of drug-likeness (QED) is 0.336. The Kier molecular flexibility index (Phi) is 8.56. The van der Waals surface area contributed by atoms with Crippen molar-refractivity contribution in [2.45, 2.75) is 79.8 Å². The fourth-order valence-electron chi connectivity index (χ4n) is 2.90. The molecule has 0 atom stereocenters. The van der Waals surface area contributed by atoms with Crippen LogP contribution in [0.5, 0.6) is 0 Å². The molecule has 7 heteroatoms. The third-order valence-electron chi connectivity index (χ3n) is 4.15. The summed E-state index contributed by atoms with van der Waals surface area (Å²) in [6.07, 6.45) is 0. The van der Waals surface area contributed by atoms with Gasteiger partial charge in [0.1, 0.15) is 17.0 Å². The Hall–Kier alpha value is -1.77. The number of aromatic nitrogens is 2. The number of aromatic amines is 2. The van der Waals surface area contributed by atoms with Crippen molar-refractivity contribution in [2.75, 3.05) is 0 Å². The van der Waals surface area contributed by atoms with Gasteiger partial charge in [-0.2, -0.15) is 0 Å². The van der Waals surface area contributed by atoms with Gasteiger partial charge in [0.15, 0.2) is 0 Å². The molecule has 0 aliphatic carbocycles. The zero-order chi connectivity index (χ0) is 22.7. The highest BCUT2D eigenvalue weighted by molar-refractivity contribution is 14.1. The van der Waals surface area contributed by atoms with Crippen LogP contribution in [0.4, 0.5) is 0 Å². The van der Waals surface area contributed by atoms with Crippen LogP contribution >= 0.6 is 22.6 Å². The average Bonchev–Trinajstić information content (AvgIpc) is 3.08. The van der Waals surface area contributed by atoms with E-state index in [-0.39, 0.29) is 11.9 Å². The van der Waals surface area contributed by atoms with Gasteiger partial charge >= 0.3 is 11.9 Å². The normalized spacial score (nSPS) is 11.4. The molecule has 0 saturated carbocycles. The minimum atomic E-state index is -0.883. The third kappa shape index (κ3) is 6.90. The Balaban J connectivity index is 0.000000308. The van der Waals surface area contributed by atoms with E-state index in [9.17, 15) is 9.59 Å². The number of carbonyl (C=O) groups excluding carboxylic acids is 1. The first-order valence-electron chi connectivity index (χ1n) is 9.69. The fraction of sp³-hybridized carbons (Fsp3) is 0.545. The molecule has 0 aliphatic rings. The topological polar surface area (TPSA) is 95.2 Å². The summed E-state index contributed by atoms with van der Waals surface area (Å²) in [6, 6.07) is 1.88. The second-order valence-corrected chi connectivity index (χ2v) is 9.83. The summed E-state index contributed by atoms with van der Waals surface area (Å²) in [7, 11) is 0. The molecule has 0 spiro atoms. The summed E-state index contributed by atoms with van der Waals surface area (Å²) in [6.45, 7) is 17.6. The molecule has 0 amide bonds. The summed E-state index contributed by atoms with van der Waals surface area (Å²) in [5.74, 6) is -0.602. The van der Waals surface area contributed by atoms with Gasteiger partial charge in [-0.25, -0.2) is 9.59 Å². The largest absolute Gasteiger partial charge is 0.477 e. The number of H-pyrrole nitrogens is 2. The number of carbonyl (C=O) groups is 2. The lowest BCUT2D eigenvalue weighted by molar-refractivity contribution is 0.00615. The Labute approximate surface area is 187 Å². The predicted octanol–water partition coefficient (Wildman–Crippen LogP) is 6.15. The van der Waals surface area contributed by atoms with Crippen molar-refractivity contribution in [3.8, 4) is 0 Å². The number of aromatic carboxylic acids is 1. The molecule has 162 valence electrons. The number of rotatable bonds is 4. The molecule has 6 nitrogen and oxygen atoms in total. The Bertz CT molecular complexity index is 870. The predicted molar refractivity (Wildman–Crippen MR) is 124 cm³/mol. The van der Waals surface area contributed by atoms with Crippen LogP contribution in [0.3, 0.4) is 0 Å². The van der Waals surface area contributed by atoms with Crippen LogP contribution < -0.4 is 0 Å². The number of halogens is 1. The van der Waals surface area contributed by atoms with E-state index in [1.807, 2.05) is 54.5 Å². The van der Waals surface area contributed by atoms with Gasteiger partial charge in [0.2, 0.25) is 0 Å². The van der Waals surface area contributed by atoms with E-state index in [0.29, 0.717) is 17.3 Å². The van der Waals surface area contributed by atoms with E-state index >= 15 is 0 Å². The Morgan fingerprint density at radius 2 is 1.59 bits per heavy atom. The van der Waals surface area contributed by atoms with Gasteiger partial charge in [-0.05, 0) is 80.7 Å². The highest BCUT2D eigenvalue weighted by Gasteiger charge is 2.25. The van der Waals surface area contributed by atoms with Gasteiger partial charge in [-0.15, -0.1) is 0 Å². The molecule has 3 N–H and O–H groups in total. The van der Waals surface area contributed by atoms with Crippen LogP contribution in [0.1, 0.15) is 104 Å². The minimum Gasteiger partial charge on any atom is -0.477 e. The first kappa shape index (κ1) is 25.3. The Morgan fingerprint density at radius 1 is 1.03 bits per heavy atom. The van der Waals surface area contributed by atoms with Crippen molar-refractivity contribution in [1.29, 1.82) is 0 Å². The standard InChI is InChI=1S/C13H20INO2.C9H13NO2/c1-7(2)9-10(14)8(3)15-11(9)12(16)17-13(4,5)6;1-5(2)7-4-6(3)10-8(7)9(11)12/h7,15H,1-6H3;4-5,10H,1-3H3,(H,11,12). The highest BCUT2D eigenvalue weighted by atomic mass is 127. The number of nitrogens with one attached hydrogen (secondary N) is 2. The second kappa shape index (κ2) is 9.82. The molecule has 2 aromatic heterocycles. The smallest absolute Gasteiger partial charge is 0.355 e. The number of hydrogen-bond acceptors (Lipinski definition) is 3. The maximum Gasteiger partial charge on any atom is 0.355 e. The van der Waals surface area contributed by atoms with E-state index in [1.165, 1.54) is 0 Å². The number of carboxylic acids is 1. The van der Waals surface area contributed by atoms with Crippen LogP contribution in [0, 0.1) is 17.4 Å². The zero-order valence-corrected chi connectivity index (χ0v) is 20.9. The van der Waals surface area contributed by atoms with Crippen LogP contribution in [0.15, 0.2) is 6.07 Å². The maximum atomic E-state index is 12.1. The SMILES string of the molecule is Cc1[nH]c(C(=O)OC(C)(C)C)c(C(C)C)c1I.Cc1cc(C(C)C)c(C(=O)O)[nH]1. The minimum absolute atomic E-state index is 0.251. The number of carboxylic acid groups (broad SMARTS) is 1. The lowest BCUT2D eigenvalue weighted by Gasteiger charge is -2.20. The van der Waals surface area contributed by atoms with E-state index in [4.69, 9.17) is 9.84 Å². The lowest BCUT2D eigenvalue weighted by atomic mass is 10.0. The number of ether oxygens (including phenoxy) is 1. The van der Waals surface area contributed by atoms with Gasteiger partial charge in [-0.3, -0.25) is 0 Å². The summed E-state index contributed by atoms with van der Waals surface area (Å²) in [5, 5.41) is 8.80. The first-order chi connectivity index (χ1) is 13.2. The third-order valence-corrected chi connectivity index (χ3v) is 5.54. The monoisotopic (exact) mass is 516 g/mol. The molecule has 0 fully saturated rings. The fourth-order valence-corrected chi connectivity index (χ4v) is 3.92. The van der Waals surface area contributed by atoms with Crippen molar-refractivity contribution in [3.05, 3.63) is 43.5 Å². The molecule has 0 radical (unpaired) electrons. The summed E-state index contributed by atoms with van der Waals surface area (Å²) < 4.78 is 6.53. The highest BCUT2D eigenvalue weighted by Crippen LogP contribution is 2.29. The van der Waals surface area contributed by atoms with Crippen molar-refractivity contribution < 1.29 is 19.4 Å². The summed E-state index contributed by atoms with van der Waals surface area (Å²) in [4.78, 5) is 28.8. The Morgan fingerprint density at radius 3 is 1.97 bits per heavy atom. The van der Waals surface area contributed by atoms with Crippen molar-refractivity contribution in [2.24, 2.45) is 0 Å². The van der Waals surface area contributed by atoms with Crippen LogP contribution in [0.25, 0.3) is 0 Å². The molecule has 0 aromatic carbocycles. The lowest BCUT2D eigenvalue weighted by Crippen LogP contribution is -2.24. The van der Waals surface area contributed by atoms with Gasteiger partial charge < -0.3 is 19.8 Å². The average molecular weight is 516 g/mol. The molecular weight excluding hydrogens is 483 g/mol. The van der Waals surface area contributed by atoms with Crippen LogP contribution in [0.2, 0.25) is 0 Å². The molecule has 2 rings (SSSR count). The van der Waals surface area contributed by atoms with Gasteiger partial charge in [0, 0.05) is 20.5 Å². The van der Waals surface area contributed by atoms with E-state index < -0.39 is 11.6 Å². The van der Waals surface area contributed by atoms with Crippen molar-refractivity contribution >= 4 is 34.5 Å². The summed E-state index contributed by atoms with van der Waals surface area (Å²) in [5.41, 5.74) is 4.30. The molecule has 0 aliphatic heterocycles. The van der Waals surface area contributed by atoms with Gasteiger partial charge in [0.25, 0.3) is 0 Å². The molecule has 0 saturated heterocycles. The molecule has 2 aromatic rings. The number of aryl methyl sites for hydroxylation is 2. The summed E-state index contributed by atoms with van der Waals surface area (Å²) >= 11 is 2.27. The van der Waals surface area contributed by atoms with Crippen LogP contribution in [-0.2, 0) is 4.74 Å². The number of esters is 1. The van der Waals surface area contributed by atoms with Crippen LogP contribution in [-0.4, -0.2) is 32.6 Å². The van der Waals surface area contributed by atoms with E-state index in [2.05, 4.69) is 46.4 Å². The molecule has 2 heterocycles. The van der Waals surface area contributed by atoms with Gasteiger partial charge in [-0.1, -0.05) is 27.7 Å². The van der Waals surface area contributed by atoms with E-state index in [0.717, 1.165) is 26.1 Å². The second-order valence-electron chi connectivity index (χ2n) is 8.75. The first-order valence-corrected chi connectivity index (χ1v) is 10.8. The van der Waals surface area contributed by atoms with Gasteiger partial charge in [0.05, 0.1) is 0 Å². The zero-order valence-electron chi connectivity index (χ0n) is 18.8. The molecule has 0 unspecified atom stereocenters. The van der Waals surface area contributed by atoms with Crippen molar-refractivity contribution in [1.82, 2.24) is 9.97 Å². The molecule has 0 bridgehead atoms. The molecular formula is C22H33IN2O4. The van der Waals surface area contributed by atoms with E-state index in [1.54, 1.807) is 0 Å². The molecule has 29 heavy (non-hydrogen) atoms. The maximum absolute atomic E-state index is 12.1. The van der Waals surface area contributed by atoms with Crippen molar-refractivity contribution in [3.63, 3.8) is 0 Å².